The number of methoxy groups -OCH3 is 1. The van der Waals surface area contributed by atoms with Gasteiger partial charge < -0.3 is 19.9 Å². The van der Waals surface area contributed by atoms with Crippen molar-refractivity contribution in [2.24, 2.45) is 0 Å². The molecule has 0 bridgehead atoms. The van der Waals surface area contributed by atoms with Gasteiger partial charge in [0.2, 0.25) is 0 Å². The van der Waals surface area contributed by atoms with Gasteiger partial charge >= 0.3 is 6.09 Å². The minimum absolute atomic E-state index is 0.125. The molecule has 1 aliphatic rings. The van der Waals surface area contributed by atoms with Crippen molar-refractivity contribution in [2.75, 3.05) is 13.7 Å². The second kappa shape index (κ2) is 6.93. The molecule has 3 rings (SSSR count). The molecule has 0 heterocycles. The van der Waals surface area contributed by atoms with Gasteiger partial charge in [-0.05, 0) is 41.7 Å². The zero-order chi connectivity index (χ0) is 17.0. The van der Waals surface area contributed by atoms with Gasteiger partial charge in [0.15, 0.2) is 0 Å². The van der Waals surface area contributed by atoms with Crippen molar-refractivity contribution in [2.45, 2.75) is 25.0 Å². The summed E-state index contributed by atoms with van der Waals surface area (Å²) < 4.78 is 10.4. The smallest absolute Gasteiger partial charge is 0.407 e. The molecule has 0 fully saturated rings. The molecule has 1 unspecified atom stereocenters. The Kier molecular flexibility index (Phi) is 4.71. The molecule has 1 aliphatic carbocycles. The van der Waals surface area contributed by atoms with Crippen LogP contribution in [0.15, 0.2) is 48.5 Å². The van der Waals surface area contributed by atoms with Gasteiger partial charge in [0.25, 0.3) is 0 Å². The van der Waals surface area contributed by atoms with Crippen LogP contribution >= 0.6 is 0 Å². The lowest BCUT2D eigenvalue weighted by atomic mass is 9.96. The van der Waals surface area contributed by atoms with Gasteiger partial charge in [-0.25, -0.2) is 4.79 Å². The van der Waals surface area contributed by atoms with E-state index in [2.05, 4.69) is 5.32 Å². The van der Waals surface area contributed by atoms with Crippen molar-refractivity contribution in [3.8, 4) is 5.75 Å². The monoisotopic (exact) mass is 327 g/mol. The van der Waals surface area contributed by atoms with Crippen molar-refractivity contribution in [1.82, 2.24) is 5.32 Å². The predicted molar refractivity (Wildman–Crippen MR) is 89.8 cm³/mol. The van der Waals surface area contributed by atoms with Crippen molar-refractivity contribution in [3.63, 3.8) is 0 Å². The van der Waals surface area contributed by atoms with E-state index in [4.69, 9.17) is 9.47 Å². The van der Waals surface area contributed by atoms with Crippen LogP contribution in [0.1, 0.15) is 23.1 Å². The van der Waals surface area contributed by atoms with Crippen LogP contribution in [-0.4, -0.2) is 24.9 Å². The number of aliphatic hydroxyl groups is 1. The summed E-state index contributed by atoms with van der Waals surface area (Å²) in [6.07, 6.45) is 0.785. The number of amides is 1. The maximum absolute atomic E-state index is 11.9. The number of ether oxygens (including phenoxy) is 2. The highest BCUT2D eigenvalue weighted by Crippen LogP contribution is 2.38. The van der Waals surface area contributed by atoms with Crippen LogP contribution in [0.5, 0.6) is 5.75 Å². The molecular formula is C19H21NO4. The number of hydrogen-bond acceptors (Lipinski definition) is 4. The number of rotatable bonds is 5. The molecule has 0 radical (unpaired) electrons. The number of nitrogens with one attached hydrogen (secondary N) is 1. The average Bonchev–Trinajstić information content (AvgIpc) is 2.96. The lowest BCUT2D eigenvalue weighted by molar-refractivity contribution is 0.0362. The summed E-state index contributed by atoms with van der Waals surface area (Å²) in [5, 5.41) is 13.5. The highest BCUT2D eigenvalue weighted by Gasteiger charge is 2.37. The fraction of sp³-hybridized carbons (Fsp3) is 0.316. The third kappa shape index (κ3) is 3.51. The van der Waals surface area contributed by atoms with Crippen molar-refractivity contribution in [1.29, 1.82) is 0 Å². The van der Waals surface area contributed by atoms with Gasteiger partial charge in [0.05, 0.1) is 13.7 Å². The fourth-order valence-electron chi connectivity index (χ4n) is 3.01. The quantitative estimate of drug-likeness (QED) is 0.886. The van der Waals surface area contributed by atoms with E-state index in [9.17, 15) is 9.90 Å². The van der Waals surface area contributed by atoms with Crippen LogP contribution < -0.4 is 10.1 Å². The Bertz CT molecular complexity index is 717. The normalized spacial score (nSPS) is 18.8. The van der Waals surface area contributed by atoms with E-state index in [0.29, 0.717) is 6.42 Å². The van der Waals surface area contributed by atoms with Crippen molar-refractivity contribution in [3.05, 3.63) is 65.2 Å². The molecule has 126 valence electrons. The molecule has 2 N–H and O–H groups in total. The predicted octanol–water partition coefficient (Wildman–Crippen LogP) is 2.76. The molecule has 0 aromatic heterocycles. The molecule has 5 heteroatoms. The van der Waals surface area contributed by atoms with E-state index in [0.717, 1.165) is 28.9 Å². The van der Waals surface area contributed by atoms with Gasteiger partial charge in [-0.2, -0.15) is 0 Å². The van der Waals surface area contributed by atoms with E-state index in [1.807, 2.05) is 48.5 Å². The molecule has 5 nitrogen and oxygen atoms in total. The van der Waals surface area contributed by atoms with Crippen molar-refractivity contribution < 1.29 is 19.4 Å². The first kappa shape index (κ1) is 16.3. The number of benzene rings is 2. The lowest BCUT2D eigenvalue weighted by Gasteiger charge is -2.24. The number of hydrogen-bond donors (Lipinski definition) is 2. The first-order valence-electron chi connectivity index (χ1n) is 7.95. The maximum atomic E-state index is 11.9. The summed E-state index contributed by atoms with van der Waals surface area (Å²) in [5.41, 5.74) is 1.75. The lowest BCUT2D eigenvalue weighted by Crippen LogP contribution is -2.39. The molecule has 0 spiro atoms. The molecule has 1 amide bonds. The Morgan fingerprint density at radius 3 is 2.79 bits per heavy atom. The van der Waals surface area contributed by atoms with Crippen LogP contribution in [-0.2, 0) is 23.4 Å². The van der Waals surface area contributed by atoms with Gasteiger partial charge in [0, 0.05) is 0 Å². The Hall–Kier alpha value is -2.53. The van der Waals surface area contributed by atoms with Gasteiger partial charge in [-0.3, -0.25) is 0 Å². The van der Waals surface area contributed by atoms with Gasteiger partial charge in [-0.1, -0.05) is 36.4 Å². The minimum Gasteiger partial charge on any atom is -0.497 e. The zero-order valence-corrected chi connectivity index (χ0v) is 13.6. The van der Waals surface area contributed by atoms with Crippen LogP contribution in [0.3, 0.4) is 0 Å². The highest BCUT2D eigenvalue weighted by molar-refractivity contribution is 5.67. The minimum atomic E-state index is -1.06. The molecule has 0 aliphatic heterocycles. The maximum Gasteiger partial charge on any atom is 0.407 e. The number of fused-ring (bicyclic) bond motifs is 1. The van der Waals surface area contributed by atoms with E-state index in [1.165, 1.54) is 0 Å². The molecule has 2 aromatic rings. The van der Waals surface area contributed by atoms with E-state index >= 15 is 0 Å². The van der Waals surface area contributed by atoms with E-state index in [1.54, 1.807) is 7.11 Å². The number of carbonyl (C=O) groups excluding carboxylic acids is 1. The zero-order valence-electron chi connectivity index (χ0n) is 13.6. The van der Waals surface area contributed by atoms with Crippen molar-refractivity contribution >= 4 is 6.09 Å². The summed E-state index contributed by atoms with van der Waals surface area (Å²) in [4.78, 5) is 11.9. The molecular weight excluding hydrogens is 306 g/mol. The largest absolute Gasteiger partial charge is 0.497 e. The molecule has 1 atom stereocenters. The third-order valence-corrected chi connectivity index (χ3v) is 4.36. The van der Waals surface area contributed by atoms with Gasteiger partial charge in [-0.15, -0.1) is 0 Å². The van der Waals surface area contributed by atoms with Gasteiger partial charge in [0.1, 0.15) is 18.0 Å². The average molecular weight is 327 g/mol. The number of carbonyl (C=O) groups is 1. The Labute approximate surface area is 141 Å². The SMILES string of the molecule is COc1ccc2c(c1)CCC2(O)CNC(=O)OCc1ccccc1. The Balaban J connectivity index is 1.56. The second-order valence-corrected chi connectivity index (χ2v) is 5.97. The molecule has 0 saturated heterocycles. The highest BCUT2D eigenvalue weighted by atomic mass is 16.5. The first-order chi connectivity index (χ1) is 11.6. The summed E-state index contributed by atoms with van der Waals surface area (Å²) in [5.74, 6) is 0.772. The van der Waals surface area contributed by atoms with Crippen LogP contribution in [0, 0.1) is 0 Å². The van der Waals surface area contributed by atoms with Crippen LogP contribution in [0.25, 0.3) is 0 Å². The number of alkyl carbamates (subject to hydrolysis) is 1. The molecule has 2 aromatic carbocycles. The standard InChI is InChI=1S/C19H21NO4/c1-23-16-7-8-17-15(11-16)9-10-19(17,22)13-20-18(21)24-12-14-5-3-2-4-6-14/h2-8,11,22H,9-10,12-13H2,1H3,(H,20,21). The Morgan fingerprint density at radius 2 is 2.04 bits per heavy atom. The topological polar surface area (TPSA) is 67.8 Å². The van der Waals surface area contributed by atoms with Crippen LogP contribution in [0.2, 0.25) is 0 Å². The van der Waals surface area contributed by atoms with Crippen LogP contribution in [0.4, 0.5) is 4.79 Å². The molecule has 24 heavy (non-hydrogen) atoms. The number of aryl methyl sites for hydroxylation is 1. The summed E-state index contributed by atoms with van der Waals surface area (Å²) in [7, 11) is 1.62. The van der Waals surface area contributed by atoms with E-state index in [-0.39, 0.29) is 13.2 Å². The second-order valence-electron chi connectivity index (χ2n) is 5.97. The third-order valence-electron chi connectivity index (χ3n) is 4.36. The first-order valence-corrected chi connectivity index (χ1v) is 7.95. The fourth-order valence-corrected chi connectivity index (χ4v) is 3.01. The van der Waals surface area contributed by atoms with E-state index < -0.39 is 11.7 Å². The molecule has 0 saturated carbocycles. The Morgan fingerprint density at radius 1 is 1.25 bits per heavy atom. The summed E-state index contributed by atoms with van der Waals surface area (Å²) >= 11 is 0. The summed E-state index contributed by atoms with van der Waals surface area (Å²) in [6, 6.07) is 15.1. The summed E-state index contributed by atoms with van der Waals surface area (Å²) in [6.45, 7) is 0.332.